The maximum Gasteiger partial charge on any atom is 0.234 e. The lowest BCUT2D eigenvalue weighted by atomic mass is 10.4. The van der Waals surface area contributed by atoms with Gasteiger partial charge in [-0.25, -0.2) is 9.97 Å². The smallest absolute Gasteiger partial charge is 0.234 e. The molecular formula is C8H8ClN3. The zero-order valence-electron chi connectivity index (χ0n) is 6.66. The highest BCUT2D eigenvalue weighted by atomic mass is 35.5. The first kappa shape index (κ1) is 7.55. The molecule has 0 bridgehead atoms. The van der Waals surface area contributed by atoms with Gasteiger partial charge in [0.2, 0.25) is 5.78 Å². The van der Waals surface area contributed by atoms with Gasteiger partial charge in [0.05, 0.1) is 16.9 Å². The SMILES string of the molecule is CCc1cn2cc(Cl)cnc2n1. The highest BCUT2D eigenvalue weighted by Gasteiger charge is 1.99. The summed E-state index contributed by atoms with van der Waals surface area (Å²) in [7, 11) is 0. The predicted molar refractivity (Wildman–Crippen MR) is 47.4 cm³/mol. The summed E-state index contributed by atoms with van der Waals surface area (Å²) in [5.74, 6) is 0.705. The number of nitrogens with zero attached hydrogens (tertiary/aromatic N) is 3. The Bertz CT molecular complexity index is 408. The van der Waals surface area contributed by atoms with Gasteiger partial charge in [-0.05, 0) is 6.42 Å². The second-order valence-electron chi connectivity index (χ2n) is 2.57. The van der Waals surface area contributed by atoms with E-state index in [1.54, 1.807) is 12.4 Å². The molecule has 0 unspecified atom stereocenters. The fraction of sp³-hybridized carbons (Fsp3) is 0.250. The molecule has 12 heavy (non-hydrogen) atoms. The van der Waals surface area contributed by atoms with Crippen LogP contribution in [0, 0.1) is 0 Å². The number of imidazole rings is 1. The topological polar surface area (TPSA) is 30.2 Å². The Balaban J connectivity index is 2.67. The summed E-state index contributed by atoms with van der Waals surface area (Å²) in [6.45, 7) is 2.06. The van der Waals surface area contributed by atoms with Crippen molar-refractivity contribution in [3.63, 3.8) is 0 Å². The minimum absolute atomic E-state index is 0.627. The fourth-order valence-corrected chi connectivity index (χ4v) is 1.23. The molecule has 4 heteroatoms. The van der Waals surface area contributed by atoms with Gasteiger partial charge in [0.15, 0.2) is 0 Å². The third-order valence-corrected chi connectivity index (χ3v) is 1.89. The normalized spacial score (nSPS) is 10.8. The molecule has 0 N–H and O–H groups in total. The van der Waals surface area contributed by atoms with Crippen molar-refractivity contribution in [2.24, 2.45) is 0 Å². The third kappa shape index (κ3) is 1.16. The van der Waals surface area contributed by atoms with Crippen molar-refractivity contribution in [3.05, 3.63) is 29.3 Å². The van der Waals surface area contributed by atoms with Gasteiger partial charge in [-0.15, -0.1) is 0 Å². The Hall–Kier alpha value is -1.09. The van der Waals surface area contributed by atoms with Gasteiger partial charge in [-0.3, -0.25) is 4.40 Å². The van der Waals surface area contributed by atoms with Gasteiger partial charge < -0.3 is 0 Å². The zero-order valence-corrected chi connectivity index (χ0v) is 7.41. The summed E-state index contributed by atoms with van der Waals surface area (Å²) in [4.78, 5) is 8.33. The molecule has 0 atom stereocenters. The molecular weight excluding hydrogens is 174 g/mol. The molecule has 2 heterocycles. The van der Waals surface area contributed by atoms with Gasteiger partial charge in [0, 0.05) is 12.4 Å². The van der Waals surface area contributed by atoms with Crippen LogP contribution in [0.3, 0.4) is 0 Å². The van der Waals surface area contributed by atoms with Crippen LogP contribution in [-0.2, 0) is 6.42 Å². The lowest BCUT2D eigenvalue weighted by Gasteiger charge is -1.90. The second kappa shape index (κ2) is 2.75. The number of hydrogen-bond acceptors (Lipinski definition) is 2. The van der Waals surface area contributed by atoms with Crippen LogP contribution >= 0.6 is 11.6 Å². The van der Waals surface area contributed by atoms with Crippen LogP contribution in [0.1, 0.15) is 12.6 Å². The zero-order chi connectivity index (χ0) is 8.55. The van der Waals surface area contributed by atoms with Crippen molar-refractivity contribution in [2.75, 3.05) is 0 Å². The number of aromatic nitrogens is 3. The van der Waals surface area contributed by atoms with Crippen molar-refractivity contribution < 1.29 is 0 Å². The van der Waals surface area contributed by atoms with Gasteiger partial charge in [0.25, 0.3) is 0 Å². The Morgan fingerprint density at radius 3 is 3.08 bits per heavy atom. The van der Waals surface area contributed by atoms with E-state index in [2.05, 4.69) is 16.9 Å². The van der Waals surface area contributed by atoms with E-state index in [1.807, 2.05) is 10.6 Å². The first-order valence-electron chi connectivity index (χ1n) is 3.78. The molecule has 0 aromatic carbocycles. The summed E-state index contributed by atoms with van der Waals surface area (Å²) < 4.78 is 1.83. The van der Waals surface area contributed by atoms with Crippen LogP contribution in [-0.4, -0.2) is 14.4 Å². The molecule has 0 spiro atoms. The van der Waals surface area contributed by atoms with E-state index in [9.17, 15) is 0 Å². The van der Waals surface area contributed by atoms with Gasteiger partial charge in [-0.2, -0.15) is 0 Å². The number of halogens is 1. The number of aryl methyl sites for hydroxylation is 1. The molecule has 0 aliphatic rings. The number of fused-ring (bicyclic) bond motifs is 1. The summed E-state index contributed by atoms with van der Waals surface area (Å²) in [5.41, 5.74) is 1.03. The van der Waals surface area contributed by atoms with Crippen LogP contribution in [0.25, 0.3) is 5.78 Å². The third-order valence-electron chi connectivity index (χ3n) is 1.69. The molecule has 2 aromatic rings. The molecule has 0 saturated heterocycles. The highest BCUT2D eigenvalue weighted by Crippen LogP contribution is 2.08. The van der Waals surface area contributed by atoms with E-state index in [0.29, 0.717) is 10.8 Å². The van der Waals surface area contributed by atoms with Gasteiger partial charge >= 0.3 is 0 Å². The number of hydrogen-bond donors (Lipinski definition) is 0. The van der Waals surface area contributed by atoms with E-state index in [4.69, 9.17) is 11.6 Å². The molecule has 62 valence electrons. The number of rotatable bonds is 1. The Morgan fingerprint density at radius 2 is 2.33 bits per heavy atom. The summed E-state index contributed by atoms with van der Waals surface area (Å²) in [6, 6.07) is 0. The van der Waals surface area contributed by atoms with Crippen molar-refractivity contribution in [1.82, 2.24) is 14.4 Å². The first-order chi connectivity index (χ1) is 5.79. The molecule has 3 nitrogen and oxygen atoms in total. The largest absolute Gasteiger partial charge is 0.289 e. The summed E-state index contributed by atoms with van der Waals surface area (Å²) in [6.07, 6.45) is 6.26. The highest BCUT2D eigenvalue weighted by molar-refractivity contribution is 6.30. The van der Waals surface area contributed by atoms with Gasteiger partial charge in [0.1, 0.15) is 0 Å². The van der Waals surface area contributed by atoms with Crippen LogP contribution in [0.2, 0.25) is 5.02 Å². The lowest BCUT2D eigenvalue weighted by Crippen LogP contribution is -1.85. The van der Waals surface area contributed by atoms with E-state index in [0.717, 1.165) is 12.1 Å². The van der Waals surface area contributed by atoms with Gasteiger partial charge in [-0.1, -0.05) is 18.5 Å². The van der Waals surface area contributed by atoms with E-state index in [1.165, 1.54) is 0 Å². The molecule has 0 saturated carbocycles. The molecule has 2 rings (SSSR count). The molecule has 2 aromatic heterocycles. The molecule has 0 amide bonds. The minimum Gasteiger partial charge on any atom is -0.289 e. The van der Waals surface area contributed by atoms with Crippen molar-refractivity contribution in [2.45, 2.75) is 13.3 Å². The van der Waals surface area contributed by atoms with E-state index < -0.39 is 0 Å². The van der Waals surface area contributed by atoms with Crippen LogP contribution in [0.15, 0.2) is 18.6 Å². The van der Waals surface area contributed by atoms with Crippen LogP contribution < -0.4 is 0 Å². The van der Waals surface area contributed by atoms with Crippen molar-refractivity contribution in [3.8, 4) is 0 Å². The lowest BCUT2D eigenvalue weighted by molar-refractivity contribution is 1.07. The van der Waals surface area contributed by atoms with E-state index >= 15 is 0 Å². The average molecular weight is 182 g/mol. The predicted octanol–water partition coefficient (Wildman–Crippen LogP) is 1.95. The van der Waals surface area contributed by atoms with Crippen molar-refractivity contribution in [1.29, 1.82) is 0 Å². The van der Waals surface area contributed by atoms with Crippen molar-refractivity contribution >= 4 is 17.4 Å². The molecule has 0 aliphatic carbocycles. The maximum atomic E-state index is 5.76. The molecule has 0 radical (unpaired) electrons. The minimum atomic E-state index is 0.627. The Morgan fingerprint density at radius 1 is 1.50 bits per heavy atom. The maximum absolute atomic E-state index is 5.76. The second-order valence-corrected chi connectivity index (χ2v) is 3.00. The molecule has 0 aliphatic heterocycles. The first-order valence-corrected chi connectivity index (χ1v) is 4.16. The fourth-order valence-electron chi connectivity index (χ4n) is 1.08. The quantitative estimate of drug-likeness (QED) is 0.673. The molecule has 0 fully saturated rings. The van der Waals surface area contributed by atoms with Crippen LogP contribution in [0.4, 0.5) is 0 Å². The average Bonchev–Trinajstić information content (AvgIpc) is 2.46. The summed E-state index contributed by atoms with van der Waals surface area (Å²) in [5, 5.41) is 0.627. The standard InChI is InChI=1S/C8H8ClN3/c1-2-7-5-12-4-6(9)3-10-8(12)11-7/h3-5H,2H2,1H3. The Labute approximate surface area is 75.0 Å². The summed E-state index contributed by atoms with van der Waals surface area (Å²) >= 11 is 5.76. The Kier molecular flexibility index (Phi) is 1.73. The van der Waals surface area contributed by atoms with Crippen LogP contribution in [0.5, 0.6) is 0 Å². The monoisotopic (exact) mass is 181 g/mol. The van der Waals surface area contributed by atoms with E-state index in [-0.39, 0.29) is 0 Å².